The Morgan fingerprint density at radius 1 is 1.41 bits per heavy atom. The van der Waals surface area contributed by atoms with Crippen molar-refractivity contribution in [1.29, 1.82) is 0 Å². The molecule has 2 atom stereocenters. The van der Waals surface area contributed by atoms with Crippen molar-refractivity contribution in [2.24, 2.45) is 0 Å². The molecule has 5 nitrogen and oxygen atoms in total. The Hall–Kier alpha value is -1.92. The highest BCUT2D eigenvalue weighted by atomic mass is 32.1. The monoisotopic (exact) mass is 317 g/mol. The summed E-state index contributed by atoms with van der Waals surface area (Å²) >= 11 is 1.59. The molecule has 3 N–H and O–H groups in total. The third-order valence-electron chi connectivity index (χ3n) is 3.90. The molecule has 22 heavy (non-hydrogen) atoms. The van der Waals surface area contributed by atoms with Crippen LogP contribution in [-0.2, 0) is 13.0 Å². The lowest BCUT2D eigenvalue weighted by molar-refractivity contribution is 0.142. The number of fused-ring (bicyclic) bond motifs is 1. The number of thiazole rings is 1. The molecule has 0 saturated heterocycles. The lowest BCUT2D eigenvalue weighted by atomic mass is 10.1. The van der Waals surface area contributed by atoms with Gasteiger partial charge in [0.2, 0.25) is 0 Å². The number of aliphatic hydroxyl groups is 1. The number of nitrogens with one attached hydrogen (secondary N) is 2. The van der Waals surface area contributed by atoms with E-state index in [4.69, 9.17) is 0 Å². The fourth-order valence-corrected chi connectivity index (χ4v) is 3.72. The Morgan fingerprint density at radius 3 is 2.91 bits per heavy atom. The number of urea groups is 1. The molecule has 0 spiro atoms. The second-order valence-electron chi connectivity index (χ2n) is 5.52. The van der Waals surface area contributed by atoms with Gasteiger partial charge in [-0.3, -0.25) is 0 Å². The lowest BCUT2D eigenvalue weighted by Crippen LogP contribution is -2.40. The third-order valence-corrected chi connectivity index (χ3v) is 4.97. The first kappa shape index (κ1) is 15.0. The summed E-state index contributed by atoms with van der Waals surface area (Å²) in [6.45, 7) is 4.34. The molecule has 2 aromatic rings. The third kappa shape index (κ3) is 2.98. The van der Waals surface area contributed by atoms with Crippen molar-refractivity contribution >= 4 is 17.4 Å². The van der Waals surface area contributed by atoms with E-state index in [1.807, 2.05) is 38.1 Å². The highest BCUT2D eigenvalue weighted by Crippen LogP contribution is 2.31. The highest BCUT2D eigenvalue weighted by Gasteiger charge is 2.31. The molecule has 0 unspecified atom stereocenters. The van der Waals surface area contributed by atoms with Crippen molar-refractivity contribution in [2.75, 3.05) is 0 Å². The summed E-state index contributed by atoms with van der Waals surface area (Å²) < 4.78 is 0. The summed E-state index contributed by atoms with van der Waals surface area (Å²) in [4.78, 5) is 17.5. The number of hydrogen-bond acceptors (Lipinski definition) is 4. The topological polar surface area (TPSA) is 74.2 Å². The number of hydrogen-bond donors (Lipinski definition) is 3. The Labute approximate surface area is 133 Å². The zero-order valence-electron chi connectivity index (χ0n) is 12.6. The smallest absolute Gasteiger partial charge is 0.315 e. The minimum absolute atomic E-state index is 0.272. The average molecular weight is 317 g/mol. The summed E-state index contributed by atoms with van der Waals surface area (Å²) in [6.07, 6.45) is 0.00407. The van der Waals surface area contributed by atoms with Gasteiger partial charge in [-0.2, -0.15) is 0 Å². The standard InChI is InChI=1S/C16H19N3O2S/c1-9-14(22-10(2)18-9)8-17-16(21)19-15-12-6-4-3-5-11(12)7-13(15)20/h3-6,13,15,20H,7-8H2,1-2H3,(H2,17,19,21)/t13-,15+/m1/s1. The molecular formula is C16H19N3O2S. The predicted molar refractivity (Wildman–Crippen MR) is 85.9 cm³/mol. The fourth-order valence-electron chi connectivity index (χ4n) is 2.84. The van der Waals surface area contributed by atoms with Crippen LogP contribution in [0.1, 0.15) is 32.7 Å². The number of rotatable bonds is 3. The summed E-state index contributed by atoms with van der Waals surface area (Å²) in [7, 11) is 0. The van der Waals surface area contributed by atoms with E-state index in [0.29, 0.717) is 13.0 Å². The summed E-state index contributed by atoms with van der Waals surface area (Å²) in [5.41, 5.74) is 3.04. The maximum atomic E-state index is 12.1. The van der Waals surface area contributed by atoms with Crippen LogP contribution in [0.25, 0.3) is 0 Å². The van der Waals surface area contributed by atoms with E-state index in [2.05, 4.69) is 15.6 Å². The van der Waals surface area contributed by atoms with Gasteiger partial charge in [0.1, 0.15) is 0 Å². The second-order valence-corrected chi connectivity index (χ2v) is 6.80. The number of aryl methyl sites for hydroxylation is 2. The number of aromatic nitrogens is 1. The quantitative estimate of drug-likeness (QED) is 0.812. The van der Waals surface area contributed by atoms with E-state index in [1.165, 1.54) is 0 Å². The van der Waals surface area contributed by atoms with Crippen LogP contribution in [0.2, 0.25) is 0 Å². The van der Waals surface area contributed by atoms with Gasteiger partial charge in [0.25, 0.3) is 0 Å². The first-order valence-corrected chi connectivity index (χ1v) is 8.09. The van der Waals surface area contributed by atoms with Crippen LogP contribution in [0.3, 0.4) is 0 Å². The molecular weight excluding hydrogens is 298 g/mol. The largest absolute Gasteiger partial charge is 0.390 e. The SMILES string of the molecule is Cc1nc(C)c(CNC(=O)N[C@H]2c3ccccc3C[C@H]2O)s1. The van der Waals surface area contributed by atoms with Gasteiger partial charge in [0.15, 0.2) is 0 Å². The first-order chi connectivity index (χ1) is 10.5. The molecule has 1 aromatic carbocycles. The molecule has 0 radical (unpaired) electrons. The van der Waals surface area contributed by atoms with Crippen molar-refractivity contribution in [2.45, 2.75) is 39.0 Å². The van der Waals surface area contributed by atoms with Crippen molar-refractivity contribution in [3.63, 3.8) is 0 Å². The van der Waals surface area contributed by atoms with E-state index in [1.54, 1.807) is 11.3 Å². The van der Waals surface area contributed by atoms with Gasteiger partial charge in [0.05, 0.1) is 29.4 Å². The van der Waals surface area contributed by atoms with E-state index in [0.717, 1.165) is 26.7 Å². The van der Waals surface area contributed by atoms with E-state index < -0.39 is 6.10 Å². The van der Waals surface area contributed by atoms with E-state index in [-0.39, 0.29) is 12.1 Å². The summed E-state index contributed by atoms with van der Waals surface area (Å²) in [5.74, 6) is 0. The van der Waals surface area contributed by atoms with Crippen LogP contribution in [0.5, 0.6) is 0 Å². The maximum Gasteiger partial charge on any atom is 0.315 e. The molecule has 1 aromatic heterocycles. The molecule has 1 aliphatic carbocycles. The molecule has 116 valence electrons. The number of carbonyl (C=O) groups is 1. The van der Waals surface area contributed by atoms with Crippen LogP contribution in [0.15, 0.2) is 24.3 Å². The normalized spacial score (nSPS) is 19.8. The molecule has 0 bridgehead atoms. The molecule has 3 rings (SSSR count). The fraction of sp³-hybridized carbons (Fsp3) is 0.375. The molecule has 0 aliphatic heterocycles. The van der Waals surface area contributed by atoms with Crippen molar-refractivity contribution in [3.05, 3.63) is 51.0 Å². The summed E-state index contributed by atoms with van der Waals surface area (Å²) in [5, 5.41) is 16.8. The minimum atomic E-state index is -0.574. The summed E-state index contributed by atoms with van der Waals surface area (Å²) in [6, 6.07) is 7.19. The second kappa shape index (κ2) is 6.06. The Bertz CT molecular complexity index is 698. The van der Waals surface area contributed by atoms with Gasteiger partial charge in [-0.15, -0.1) is 11.3 Å². The Balaban J connectivity index is 1.61. The zero-order valence-corrected chi connectivity index (χ0v) is 13.4. The van der Waals surface area contributed by atoms with Gasteiger partial charge in [-0.25, -0.2) is 9.78 Å². The van der Waals surface area contributed by atoms with Crippen molar-refractivity contribution in [3.8, 4) is 0 Å². The van der Waals surface area contributed by atoms with Gasteiger partial charge in [-0.1, -0.05) is 24.3 Å². The van der Waals surface area contributed by atoms with Crippen LogP contribution in [0, 0.1) is 13.8 Å². The molecule has 0 saturated carbocycles. The molecule has 0 fully saturated rings. The molecule has 1 aliphatic rings. The van der Waals surface area contributed by atoms with Crippen LogP contribution in [-0.4, -0.2) is 22.2 Å². The number of amides is 2. The zero-order chi connectivity index (χ0) is 15.7. The molecule has 6 heteroatoms. The van der Waals surface area contributed by atoms with E-state index in [9.17, 15) is 9.90 Å². The number of carbonyl (C=O) groups excluding carboxylic acids is 1. The number of aliphatic hydroxyl groups excluding tert-OH is 1. The van der Waals surface area contributed by atoms with Gasteiger partial charge in [0, 0.05) is 11.3 Å². The van der Waals surface area contributed by atoms with Crippen molar-refractivity contribution in [1.82, 2.24) is 15.6 Å². The number of nitrogens with zero attached hydrogens (tertiary/aromatic N) is 1. The van der Waals surface area contributed by atoms with Crippen LogP contribution in [0.4, 0.5) is 4.79 Å². The maximum absolute atomic E-state index is 12.1. The van der Waals surface area contributed by atoms with Gasteiger partial charge < -0.3 is 15.7 Å². The highest BCUT2D eigenvalue weighted by molar-refractivity contribution is 7.11. The average Bonchev–Trinajstić information content (AvgIpc) is 2.96. The van der Waals surface area contributed by atoms with Crippen LogP contribution >= 0.6 is 11.3 Å². The van der Waals surface area contributed by atoms with Crippen LogP contribution < -0.4 is 10.6 Å². The van der Waals surface area contributed by atoms with Gasteiger partial charge >= 0.3 is 6.03 Å². The Morgan fingerprint density at radius 2 is 2.18 bits per heavy atom. The van der Waals surface area contributed by atoms with Gasteiger partial charge in [-0.05, 0) is 25.0 Å². The number of benzene rings is 1. The predicted octanol–water partition coefficient (Wildman–Crippen LogP) is 2.22. The lowest BCUT2D eigenvalue weighted by Gasteiger charge is -2.18. The molecule has 2 amide bonds. The van der Waals surface area contributed by atoms with Crippen molar-refractivity contribution < 1.29 is 9.90 Å². The minimum Gasteiger partial charge on any atom is -0.390 e. The van der Waals surface area contributed by atoms with E-state index >= 15 is 0 Å². The Kier molecular flexibility index (Phi) is 4.13. The molecule has 1 heterocycles. The first-order valence-electron chi connectivity index (χ1n) is 7.27.